The number of nitrogens with zero attached hydrogens (tertiary/aromatic N) is 12. The Bertz CT molecular complexity index is 4900. The summed E-state index contributed by atoms with van der Waals surface area (Å²) in [4.78, 5) is 60.5. The fraction of sp³-hybridized carbons (Fsp3) is 0. The van der Waals surface area contributed by atoms with E-state index in [0.29, 0.717) is 45.9 Å². The predicted octanol–water partition coefficient (Wildman–Crippen LogP) is 16.7. The van der Waals surface area contributed by atoms with Crippen LogP contribution in [0.4, 0.5) is 0 Å². The van der Waals surface area contributed by atoms with E-state index in [9.17, 15) is 0 Å². The summed E-state index contributed by atoms with van der Waals surface area (Å²) in [5.41, 5.74) is 20.8. The molecule has 12 nitrogen and oxygen atoms in total. The van der Waals surface area contributed by atoms with Crippen LogP contribution in [0.2, 0.25) is 0 Å². The zero-order valence-electron chi connectivity index (χ0n) is 47.3. The number of benzene rings is 8. The van der Waals surface area contributed by atoms with Gasteiger partial charge in [0.15, 0.2) is 0 Å². The number of hydrogen-bond acceptors (Lipinski definition) is 8. The Balaban J connectivity index is 0.000000143. The monoisotopic (exact) mass is 1210 g/mol. The van der Waals surface area contributed by atoms with Crippen LogP contribution in [-0.4, -0.2) is 39.9 Å². The smallest absolute Gasteiger partial charge is 0.657 e. The van der Waals surface area contributed by atoms with Gasteiger partial charge in [-0.2, -0.15) is 0 Å². The second-order valence-corrected chi connectivity index (χ2v) is 21.5. The third-order valence-corrected chi connectivity index (χ3v) is 16.2. The first-order valence-corrected chi connectivity index (χ1v) is 29.0. The van der Waals surface area contributed by atoms with E-state index in [2.05, 4.69) is 146 Å². The van der Waals surface area contributed by atoms with Crippen LogP contribution >= 0.6 is 0 Å². The Hall–Kier alpha value is -11.4. The van der Waals surface area contributed by atoms with Crippen LogP contribution < -0.4 is 19.9 Å². The Kier molecular flexibility index (Phi) is 13.2. The Labute approximate surface area is 528 Å². The minimum Gasteiger partial charge on any atom is -0.657 e. The zero-order chi connectivity index (χ0) is 58.1. The van der Waals surface area contributed by atoms with Gasteiger partial charge in [0.2, 0.25) is 0 Å². The molecule has 0 unspecified atom stereocenters. The van der Waals surface area contributed by atoms with E-state index in [-0.39, 0.29) is 26.2 Å². The van der Waals surface area contributed by atoms with Crippen molar-refractivity contribution in [2.45, 2.75) is 0 Å². The summed E-state index contributed by atoms with van der Waals surface area (Å²) in [6, 6.07) is 81.8. The van der Waals surface area contributed by atoms with E-state index in [4.69, 9.17) is 59.8 Å². The molecule has 10 heterocycles. The molecule has 412 valence electrons. The third-order valence-electron chi connectivity index (χ3n) is 16.2. The quantitative estimate of drug-likeness (QED) is 0.164. The van der Waals surface area contributed by atoms with Crippen LogP contribution in [0.3, 0.4) is 0 Å². The summed E-state index contributed by atoms with van der Waals surface area (Å²) in [6.45, 7) is 0. The van der Waals surface area contributed by atoms with Gasteiger partial charge >= 0.3 is 26.2 Å². The molecule has 14 aromatic rings. The van der Waals surface area contributed by atoms with Crippen LogP contribution in [0, 0.1) is 0 Å². The Morgan fingerprint density at radius 1 is 0.202 bits per heavy atom. The molecule has 8 aromatic carbocycles. The molecule has 0 amide bonds. The summed E-state index contributed by atoms with van der Waals surface area (Å²) in [7, 11) is 0. The number of rotatable bonds is 4. The molecule has 0 saturated carbocycles. The predicted molar refractivity (Wildman–Crippen MR) is 353 cm³/mol. The molecule has 0 radical (unpaired) electrons. The van der Waals surface area contributed by atoms with Crippen molar-refractivity contribution in [1.82, 2.24) is 59.8 Å². The van der Waals surface area contributed by atoms with Gasteiger partial charge in [-0.1, -0.05) is 243 Å². The second kappa shape index (κ2) is 22.1. The van der Waals surface area contributed by atoms with E-state index in [1.165, 1.54) is 0 Å². The summed E-state index contributed by atoms with van der Waals surface area (Å²) in [5, 5.41) is 3.57. The molecule has 0 atom stereocenters. The largest absolute Gasteiger partial charge is 4.00 e. The molecule has 0 saturated heterocycles. The maximum Gasteiger partial charge on any atom is 4.00 e. The average Bonchev–Trinajstić information content (AvgIpc) is 2.19. The van der Waals surface area contributed by atoms with Gasteiger partial charge in [-0.25, -0.2) is 19.9 Å². The van der Waals surface area contributed by atoms with Gasteiger partial charge in [-0.05, 0) is 90.4 Å². The minimum atomic E-state index is 0. The molecule has 4 aliphatic heterocycles. The summed E-state index contributed by atoms with van der Waals surface area (Å²) >= 11 is 0. The van der Waals surface area contributed by atoms with Gasteiger partial charge in [0, 0.05) is 44.8 Å². The normalized spacial score (nSPS) is 11.9. The molecule has 4 aliphatic rings. The number of hydrogen-bond donors (Lipinski definition) is 0. The van der Waals surface area contributed by atoms with E-state index in [0.717, 1.165) is 133 Å². The van der Waals surface area contributed by atoms with Crippen molar-refractivity contribution in [2.24, 2.45) is 0 Å². The van der Waals surface area contributed by atoms with E-state index in [1.807, 2.05) is 121 Å². The number of aromatic nitrogens is 12. The van der Waals surface area contributed by atoms with Crippen molar-refractivity contribution in [3.63, 3.8) is 0 Å². The van der Waals surface area contributed by atoms with Gasteiger partial charge in [0.1, 0.15) is 0 Å². The summed E-state index contributed by atoms with van der Waals surface area (Å²) in [6.07, 6.45) is 8.41. The Morgan fingerprint density at radius 3 is 0.674 bits per heavy atom. The maximum atomic E-state index is 5.31. The van der Waals surface area contributed by atoms with Gasteiger partial charge in [0.25, 0.3) is 0 Å². The fourth-order valence-corrected chi connectivity index (χ4v) is 12.1. The molecule has 0 aliphatic carbocycles. The molecule has 89 heavy (non-hydrogen) atoms. The maximum absolute atomic E-state index is 5.31. The molecule has 16 bridgehead atoms. The van der Waals surface area contributed by atoms with E-state index < -0.39 is 0 Å². The molecule has 6 aromatic heterocycles. The van der Waals surface area contributed by atoms with Crippen molar-refractivity contribution in [1.29, 1.82) is 0 Å². The topological polar surface area (TPSA) is 160 Å². The van der Waals surface area contributed by atoms with Gasteiger partial charge in [0.05, 0.1) is 46.1 Å². The zero-order valence-corrected chi connectivity index (χ0v) is 49.7. The first-order valence-electron chi connectivity index (χ1n) is 29.0. The van der Waals surface area contributed by atoms with Crippen LogP contribution in [0.25, 0.3) is 181 Å². The van der Waals surface area contributed by atoms with Gasteiger partial charge in [-0.3, -0.25) is 0 Å². The van der Waals surface area contributed by atoms with Crippen molar-refractivity contribution in [3.05, 3.63) is 265 Å². The second-order valence-electron chi connectivity index (χ2n) is 21.5. The first-order chi connectivity index (χ1) is 43.6. The first kappa shape index (κ1) is 53.1. The molecule has 18 rings (SSSR count). The van der Waals surface area contributed by atoms with Crippen LogP contribution in [0.5, 0.6) is 0 Å². The van der Waals surface area contributed by atoms with Crippen molar-refractivity contribution in [2.75, 3.05) is 0 Å². The van der Waals surface area contributed by atoms with Gasteiger partial charge in [-0.15, -0.1) is 22.1 Å². The summed E-state index contributed by atoms with van der Waals surface area (Å²) in [5.74, 6) is 2.21. The van der Waals surface area contributed by atoms with Crippen LogP contribution in [0.15, 0.2) is 243 Å². The summed E-state index contributed by atoms with van der Waals surface area (Å²) < 4.78 is 0. The average molecular weight is 1220 g/mol. The SMILES string of the molecule is C1=Cc2nc1c(-c1ccccc1)c1ccc([n-]1)c(-c1ccccc1)c1nc(c(-c3ccccc3)c3ccc([n-]3)c2-c2ccccc2)C=C1.[Zr+4].c1ccc2c(c1)-c1nc-2nc2[n-]c(nc3nc(nc4[n-]c(n1)c1ccccc41)-c1ccccc1-3)c1ccccc21. The minimum absolute atomic E-state index is 0. The molecule has 0 fully saturated rings. The fourth-order valence-electron chi connectivity index (χ4n) is 12.1. The molecular formula is C76H44N12Zr. The van der Waals surface area contributed by atoms with Crippen LogP contribution in [-0.2, 0) is 26.2 Å². The molecule has 0 N–H and O–H groups in total. The molecular weight excluding hydrogens is 1170 g/mol. The third kappa shape index (κ3) is 9.43. The standard InChI is InChI=1S/C44H28N4.C32H16N8.Zr/c1-5-13-29(14-6-1)41-33-21-23-35(45-33)42(30-15-7-2-8-16-30)37-25-27-39(47-37)44(32-19-11-4-12-20-32)40-28-26-38(48-40)43(31-17-9-3-10-18-31)36-24-22-34(41)46-36;1-2-10-18-17(9-1)25-33-26(18)38-28-21-13-5-6-14-22(21)30(35-28)40-32-24-16-8-7-15-23(24)31(36-32)39-29-20-12-4-3-11-19(20)27(34-29)37-25;/h1-28H;1-16H;/q2*-2;+4. The van der Waals surface area contributed by atoms with Crippen molar-refractivity contribution in [3.8, 4) is 90.1 Å². The number of fused-ring (bicyclic) bond motifs is 28. The Morgan fingerprint density at radius 2 is 0.427 bits per heavy atom. The van der Waals surface area contributed by atoms with E-state index in [1.54, 1.807) is 0 Å². The molecule has 13 heteroatoms. The van der Waals surface area contributed by atoms with Crippen LogP contribution in [0.1, 0.15) is 22.8 Å². The van der Waals surface area contributed by atoms with Gasteiger partial charge < -0.3 is 39.9 Å². The van der Waals surface area contributed by atoms with E-state index >= 15 is 0 Å². The molecule has 0 spiro atoms. The van der Waals surface area contributed by atoms with Crippen molar-refractivity contribution < 1.29 is 26.2 Å². The van der Waals surface area contributed by atoms with Crippen molar-refractivity contribution >= 4 is 90.5 Å².